The van der Waals surface area contributed by atoms with Gasteiger partial charge in [0, 0.05) is 0 Å². The van der Waals surface area contributed by atoms with E-state index in [1.165, 1.54) is 12.1 Å². The van der Waals surface area contributed by atoms with Gasteiger partial charge < -0.3 is 15.4 Å². The molecule has 3 rings (SSSR count). The number of nitrogens with one attached hydrogen (secondary N) is 2. The molecule has 1 saturated heterocycles. The number of rotatable bonds is 8. The molecule has 2 aromatic carbocycles. The second-order valence-corrected chi connectivity index (χ2v) is 7.93. The molecular weight excluding hydrogens is 384 g/mol. The lowest BCUT2D eigenvalue weighted by Crippen LogP contribution is -2.71. The molecule has 0 aromatic heterocycles. The zero-order valence-corrected chi connectivity index (χ0v) is 15.9. The minimum atomic E-state index is -3.95. The molecule has 0 radical (unpaired) electrons. The number of carbonyl (C=O) groups is 2. The molecule has 0 spiro atoms. The number of aryl methyl sites for hydroxylation is 1. The first-order valence-corrected chi connectivity index (χ1v) is 10.00. The Kier molecular flexibility index (Phi) is 5.96. The normalized spacial score (nSPS) is 18.7. The van der Waals surface area contributed by atoms with Gasteiger partial charge >= 0.3 is 0 Å². The minimum absolute atomic E-state index is 0.0283. The van der Waals surface area contributed by atoms with Crippen molar-refractivity contribution < 1.29 is 26.9 Å². The third-order valence-electron chi connectivity index (χ3n) is 4.15. The molecule has 2 N–H and O–H groups in total. The Hall–Kier alpha value is -2.91. The smallest absolute Gasteiger partial charge is 0.297 e. The van der Waals surface area contributed by atoms with Crippen LogP contribution in [0.2, 0.25) is 0 Å². The fourth-order valence-corrected chi connectivity index (χ4v) is 3.49. The molecule has 9 heteroatoms. The van der Waals surface area contributed by atoms with Crippen molar-refractivity contribution in [2.75, 3.05) is 13.2 Å². The summed E-state index contributed by atoms with van der Waals surface area (Å²) in [6.07, 6.45) is 0. The van der Waals surface area contributed by atoms with Gasteiger partial charge in [0.05, 0.1) is 17.5 Å². The van der Waals surface area contributed by atoms with Crippen molar-refractivity contribution in [2.45, 2.75) is 23.9 Å². The van der Waals surface area contributed by atoms with Crippen LogP contribution in [0, 0.1) is 6.92 Å². The molecule has 1 aliphatic heterocycles. The molecule has 2 aromatic rings. The second-order valence-electron chi connectivity index (χ2n) is 6.31. The maximum Gasteiger partial charge on any atom is 0.297 e. The Bertz CT molecular complexity index is 944. The van der Waals surface area contributed by atoms with Crippen LogP contribution in [-0.2, 0) is 23.9 Å². The summed E-state index contributed by atoms with van der Waals surface area (Å²) in [5, 5.41) is 5.04. The zero-order valence-electron chi connectivity index (χ0n) is 15.1. The zero-order chi connectivity index (χ0) is 20.1. The Morgan fingerprint density at radius 2 is 1.79 bits per heavy atom. The summed E-state index contributed by atoms with van der Waals surface area (Å²) in [6, 6.07) is 13.5. The fraction of sp³-hybridized carbons (Fsp3) is 0.263. The van der Waals surface area contributed by atoms with Crippen molar-refractivity contribution in [3.05, 3.63) is 60.2 Å². The second kappa shape index (κ2) is 8.41. The first kappa shape index (κ1) is 19.8. The minimum Gasteiger partial charge on any atom is -0.484 e. The highest BCUT2D eigenvalue weighted by molar-refractivity contribution is 7.86. The Morgan fingerprint density at radius 1 is 1.11 bits per heavy atom. The van der Waals surface area contributed by atoms with Crippen LogP contribution in [0.3, 0.4) is 0 Å². The third-order valence-corrected chi connectivity index (χ3v) is 5.45. The third kappa shape index (κ3) is 4.87. The van der Waals surface area contributed by atoms with E-state index < -0.39 is 34.0 Å². The lowest BCUT2D eigenvalue weighted by molar-refractivity contribution is -0.137. The summed E-state index contributed by atoms with van der Waals surface area (Å²) in [6.45, 7) is 1.30. The van der Waals surface area contributed by atoms with Crippen molar-refractivity contribution in [3.8, 4) is 5.75 Å². The van der Waals surface area contributed by atoms with Gasteiger partial charge in [-0.15, -0.1) is 0 Å². The van der Waals surface area contributed by atoms with Gasteiger partial charge in [-0.1, -0.05) is 35.9 Å². The van der Waals surface area contributed by atoms with Crippen LogP contribution in [0.4, 0.5) is 0 Å². The maximum absolute atomic E-state index is 12.2. The van der Waals surface area contributed by atoms with Gasteiger partial charge in [-0.25, -0.2) is 0 Å². The predicted octanol–water partition coefficient (Wildman–Crippen LogP) is 0.763. The van der Waals surface area contributed by atoms with Crippen LogP contribution >= 0.6 is 0 Å². The first-order valence-electron chi connectivity index (χ1n) is 8.59. The number of hydrogen-bond donors (Lipinski definition) is 2. The summed E-state index contributed by atoms with van der Waals surface area (Å²) in [7, 11) is -3.95. The van der Waals surface area contributed by atoms with E-state index >= 15 is 0 Å². The van der Waals surface area contributed by atoms with E-state index in [4.69, 9.17) is 8.92 Å². The molecule has 1 heterocycles. The molecule has 2 amide bonds. The van der Waals surface area contributed by atoms with Crippen LogP contribution < -0.4 is 15.4 Å². The number of ether oxygens (including phenoxy) is 1. The molecule has 1 aliphatic rings. The quantitative estimate of drug-likeness (QED) is 0.497. The molecule has 2 atom stereocenters. The van der Waals surface area contributed by atoms with Gasteiger partial charge in [-0.05, 0) is 31.2 Å². The maximum atomic E-state index is 12.2. The van der Waals surface area contributed by atoms with Crippen LogP contribution in [0.1, 0.15) is 5.56 Å². The highest BCUT2D eigenvalue weighted by atomic mass is 32.2. The number of β-lactam (4-membered cyclic amide) rings is 1. The average molecular weight is 404 g/mol. The van der Waals surface area contributed by atoms with Gasteiger partial charge in [-0.3, -0.25) is 13.8 Å². The predicted molar refractivity (Wildman–Crippen MR) is 100 cm³/mol. The van der Waals surface area contributed by atoms with Gasteiger partial charge in [-0.2, -0.15) is 8.42 Å². The standard InChI is InChI=1S/C19H20N2O6S/c1-13-7-9-15(10-8-13)28(24,25)27-11-16-18(19(23)20-16)21-17(22)12-26-14-5-3-2-4-6-14/h2-10,16,18H,11-12H2,1H3,(H,20,23)(H,21,22)/t16-,18+/m1/s1. The van der Waals surface area contributed by atoms with Crippen LogP contribution in [0.15, 0.2) is 59.5 Å². The lowest BCUT2D eigenvalue weighted by Gasteiger charge is -2.36. The van der Waals surface area contributed by atoms with E-state index in [1.54, 1.807) is 36.4 Å². The monoisotopic (exact) mass is 404 g/mol. The Morgan fingerprint density at radius 3 is 2.43 bits per heavy atom. The van der Waals surface area contributed by atoms with E-state index in [1.807, 2.05) is 13.0 Å². The Labute approximate surface area is 163 Å². The largest absolute Gasteiger partial charge is 0.484 e. The molecule has 28 heavy (non-hydrogen) atoms. The molecule has 8 nitrogen and oxygen atoms in total. The van der Waals surface area contributed by atoms with Crippen molar-refractivity contribution in [1.29, 1.82) is 0 Å². The van der Waals surface area contributed by atoms with E-state index in [0.29, 0.717) is 5.75 Å². The molecule has 148 valence electrons. The summed E-state index contributed by atoms with van der Waals surface area (Å²) in [5.41, 5.74) is 0.922. The van der Waals surface area contributed by atoms with Gasteiger partial charge in [0.25, 0.3) is 16.0 Å². The first-order chi connectivity index (χ1) is 13.3. The van der Waals surface area contributed by atoms with Gasteiger partial charge in [0.15, 0.2) is 6.61 Å². The van der Waals surface area contributed by atoms with Crippen LogP contribution in [0.5, 0.6) is 5.75 Å². The fourth-order valence-electron chi connectivity index (χ4n) is 2.56. The van der Waals surface area contributed by atoms with E-state index in [2.05, 4.69) is 10.6 Å². The molecule has 0 saturated carbocycles. The van der Waals surface area contributed by atoms with E-state index in [-0.39, 0.29) is 18.1 Å². The summed E-state index contributed by atoms with van der Waals surface area (Å²) >= 11 is 0. The number of benzene rings is 2. The van der Waals surface area contributed by atoms with E-state index in [0.717, 1.165) is 5.56 Å². The summed E-state index contributed by atoms with van der Waals surface area (Å²) in [5.74, 6) is -0.371. The van der Waals surface area contributed by atoms with Gasteiger partial charge in [0.2, 0.25) is 5.91 Å². The Balaban J connectivity index is 1.50. The lowest BCUT2D eigenvalue weighted by atomic mass is 10.00. The molecule has 1 fully saturated rings. The van der Waals surface area contributed by atoms with Crippen LogP contribution in [0.25, 0.3) is 0 Å². The molecular formula is C19H20N2O6S. The van der Waals surface area contributed by atoms with Crippen LogP contribution in [-0.4, -0.2) is 45.5 Å². The van der Waals surface area contributed by atoms with E-state index in [9.17, 15) is 18.0 Å². The number of carbonyl (C=O) groups excluding carboxylic acids is 2. The van der Waals surface area contributed by atoms with Crippen molar-refractivity contribution in [1.82, 2.24) is 10.6 Å². The number of hydrogen-bond acceptors (Lipinski definition) is 6. The summed E-state index contributed by atoms with van der Waals surface area (Å²) in [4.78, 5) is 23.7. The summed E-state index contributed by atoms with van der Waals surface area (Å²) < 4.78 is 34.8. The van der Waals surface area contributed by atoms with Crippen molar-refractivity contribution in [2.24, 2.45) is 0 Å². The topological polar surface area (TPSA) is 111 Å². The number of amides is 2. The van der Waals surface area contributed by atoms with Crippen molar-refractivity contribution in [3.63, 3.8) is 0 Å². The molecule has 0 unspecified atom stereocenters. The SMILES string of the molecule is Cc1ccc(S(=O)(=O)OC[C@H]2NC(=O)[C@H]2NC(=O)COc2ccccc2)cc1. The van der Waals surface area contributed by atoms with Crippen molar-refractivity contribution >= 4 is 21.9 Å². The molecule has 0 bridgehead atoms. The highest BCUT2D eigenvalue weighted by Gasteiger charge is 2.41. The number of para-hydroxylation sites is 1. The highest BCUT2D eigenvalue weighted by Crippen LogP contribution is 2.16. The average Bonchev–Trinajstić information content (AvgIpc) is 2.69. The van der Waals surface area contributed by atoms with Gasteiger partial charge in [0.1, 0.15) is 11.8 Å². The molecule has 0 aliphatic carbocycles.